The van der Waals surface area contributed by atoms with Crippen LogP contribution in [0.15, 0.2) is 35.8 Å². The molecule has 0 bridgehead atoms. The molecular weight excluding hydrogens is 931 g/mol. The largest absolute Gasteiger partial charge is 0.489 e. The molecular formula is C19H16Br8O4. The number of rotatable bonds is 8. The second-order valence-electron chi connectivity index (χ2n) is 6.69. The smallest absolute Gasteiger partial charge is 0.150 e. The lowest BCUT2D eigenvalue weighted by Crippen LogP contribution is -2.23. The molecule has 31 heavy (non-hydrogen) atoms. The fraction of sp³-hybridized carbons (Fsp3) is 0.368. The van der Waals surface area contributed by atoms with Crippen LogP contribution in [-0.4, -0.2) is 36.6 Å². The molecule has 2 rings (SSSR count). The number of hydrogen-bond donors (Lipinski definition) is 2. The summed E-state index contributed by atoms with van der Waals surface area (Å²) in [6, 6.07) is 0. The van der Waals surface area contributed by atoms with Gasteiger partial charge in [-0.05, 0) is 139 Å². The minimum absolute atomic E-state index is 0.0893. The molecule has 0 aliphatic carbocycles. The molecule has 0 radical (unpaired) electrons. The average molecular weight is 948 g/mol. The first-order chi connectivity index (χ1) is 14.4. The van der Waals surface area contributed by atoms with Gasteiger partial charge in [0.15, 0.2) is 0 Å². The molecule has 172 valence electrons. The lowest BCUT2D eigenvalue weighted by atomic mass is 9.78. The van der Waals surface area contributed by atoms with E-state index < -0.39 is 5.41 Å². The van der Waals surface area contributed by atoms with E-state index >= 15 is 0 Å². The number of benzene rings is 2. The highest BCUT2D eigenvalue weighted by molar-refractivity contribution is 9.14. The Kier molecular flexibility index (Phi) is 11.4. The lowest BCUT2D eigenvalue weighted by molar-refractivity contribution is 0.199. The summed E-state index contributed by atoms with van der Waals surface area (Å²) in [6.07, 6.45) is 0. The molecule has 0 heterocycles. The minimum atomic E-state index is -0.531. The topological polar surface area (TPSA) is 58.9 Å². The first kappa shape index (κ1) is 29.0. The summed E-state index contributed by atoms with van der Waals surface area (Å²) >= 11 is 29.4. The quantitative estimate of drug-likeness (QED) is 0.260. The van der Waals surface area contributed by atoms with Crippen LogP contribution in [0.4, 0.5) is 0 Å². The Morgan fingerprint density at radius 2 is 0.806 bits per heavy atom. The Morgan fingerprint density at radius 1 is 0.548 bits per heavy atom. The van der Waals surface area contributed by atoms with Gasteiger partial charge in [0.25, 0.3) is 0 Å². The van der Waals surface area contributed by atoms with Crippen LogP contribution in [0.3, 0.4) is 0 Å². The van der Waals surface area contributed by atoms with Crippen molar-refractivity contribution in [1.29, 1.82) is 0 Å². The summed E-state index contributed by atoms with van der Waals surface area (Å²) in [6.45, 7) is 4.37. The standard InChI is InChI=1S/C19H16Br8O4/c1-19(2,7-9(20)13(24)17(30-5-3-28)14(25)10(7)21)8-11(22)15(26)18(31-6-4-29)16(27)12(8)23/h28-29H,3-6H2,1-2H3. The Hall–Kier alpha value is 1.80. The second-order valence-corrected chi connectivity index (χ2v) is 13.0. The van der Waals surface area contributed by atoms with Gasteiger partial charge < -0.3 is 19.7 Å². The number of ether oxygens (including phenoxy) is 2. The summed E-state index contributed by atoms with van der Waals surface area (Å²) in [7, 11) is 0. The molecule has 0 spiro atoms. The third kappa shape index (κ3) is 5.80. The summed E-state index contributed by atoms with van der Waals surface area (Å²) < 4.78 is 17.6. The highest BCUT2D eigenvalue weighted by Gasteiger charge is 2.37. The number of aliphatic hydroxyl groups is 2. The van der Waals surface area contributed by atoms with Gasteiger partial charge in [0.2, 0.25) is 0 Å². The van der Waals surface area contributed by atoms with Gasteiger partial charge in [0.05, 0.1) is 31.1 Å². The predicted molar refractivity (Wildman–Crippen MR) is 152 cm³/mol. The van der Waals surface area contributed by atoms with Crippen LogP contribution in [0, 0.1) is 0 Å². The summed E-state index contributed by atoms with van der Waals surface area (Å²) in [4.78, 5) is 0. The Balaban J connectivity index is 2.79. The van der Waals surface area contributed by atoms with Crippen molar-refractivity contribution >= 4 is 127 Å². The first-order valence-electron chi connectivity index (χ1n) is 8.63. The molecule has 0 fully saturated rings. The molecule has 0 aliphatic rings. The van der Waals surface area contributed by atoms with Crippen LogP contribution < -0.4 is 9.47 Å². The van der Waals surface area contributed by atoms with Crippen LogP contribution in [-0.2, 0) is 5.41 Å². The van der Waals surface area contributed by atoms with Crippen LogP contribution >= 0.6 is 127 Å². The second kappa shape index (κ2) is 12.2. The van der Waals surface area contributed by atoms with Crippen LogP contribution in [0.1, 0.15) is 25.0 Å². The van der Waals surface area contributed by atoms with Crippen molar-refractivity contribution in [3.63, 3.8) is 0 Å². The summed E-state index contributed by atoms with van der Waals surface area (Å²) in [5.74, 6) is 1.17. The van der Waals surface area contributed by atoms with E-state index in [1.54, 1.807) is 0 Å². The van der Waals surface area contributed by atoms with Gasteiger partial charge >= 0.3 is 0 Å². The van der Waals surface area contributed by atoms with E-state index in [0.717, 1.165) is 46.9 Å². The van der Waals surface area contributed by atoms with Gasteiger partial charge in [-0.2, -0.15) is 0 Å². The van der Waals surface area contributed by atoms with Crippen molar-refractivity contribution in [2.24, 2.45) is 0 Å². The predicted octanol–water partition coefficient (Wildman–Crippen LogP) is 8.85. The van der Waals surface area contributed by atoms with Gasteiger partial charge in [-0.1, -0.05) is 13.8 Å². The Bertz CT molecular complexity index is 858. The van der Waals surface area contributed by atoms with E-state index in [1.165, 1.54) is 0 Å². The van der Waals surface area contributed by atoms with Crippen LogP contribution in [0.2, 0.25) is 0 Å². The maximum atomic E-state index is 9.15. The van der Waals surface area contributed by atoms with E-state index in [2.05, 4.69) is 141 Å². The van der Waals surface area contributed by atoms with Crippen molar-refractivity contribution in [2.45, 2.75) is 19.3 Å². The van der Waals surface area contributed by atoms with Gasteiger partial charge in [0, 0.05) is 23.3 Å². The van der Waals surface area contributed by atoms with Gasteiger partial charge in [-0.15, -0.1) is 0 Å². The van der Waals surface area contributed by atoms with Crippen LogP contribution in [0.25, 0.3) is 0 Å². The van der Waals surface area contributed by atoms with Gasteiger partial charge in [0.1, 0.15) is 24.7 Å². The molecule has 0 atom stereocenters. The summed E-state index contributed by atoms with van der Waals surface area (Å²) in [5, 5.41) is 18.3. The highest BCUT2D eigenvalue weighted by Crippen LogP contribution is 2.56. The van der Waals surface area contributed by atoms with Crippen molar-refractivity contribution in [3.05, 3.63) is 46.9 Å². The zero-order valence-corrected chi connectivity index (χ0v) is 28.8. The molecule has 2 aromatic carbocycles. The molecule has 0 amide bonds. The first-order valence-corrected chi connectivity index (χ1v) is 15.0. The van der Waals surface area contributed by atoms with Crippen molar-refractivity contribution in [3.8, 4) is 11.5 Å². The molecule has 12 heteroatoms. The Labute approximate surface area is 248 Å². The number of hydrogen-bond acceptors (Lipinski definition) is 4. The number of aliphatic hydroxyl groups excluding tert-OH is 2. The van der Waals surface area contributed by atoms with E-state index in [-0.39, 0.29) is 26.4 Å². The van der Waals surface area contributed by atoms with E-state index in [4.69, 9.17) is 19.7 Å². The van der Waals surface area contributed by atoms with E-state index in [1.807, 2.05) is 0 Å². The third-order valence-corrected chi connectivity index (χ3v) is 12.7. The summed E-state index contributed by atoms with van der Waals surface area (Å²) in [5.41, 5.74) is 1.40. The minimum Gasteiger partial charge on any atom is -0.489 e. The molecule has 0 saturated heterocycles. The average Bonchev–Trinajstić information content (AvgIpc) is 2.71. The van der Waals surface area contributed by atoms with E-state index in [9.17, 15) is 0 Å². The van der Waals surface area contributed by atoms with E-state index in [0.29, 0.717) is 11.5 Å². The zero-order chi connectivity index (χ0) is 23.7. The fourth-order valence-corrected chi connectivity index (χ4v) is 9.60. The molecule has 0 saturated carbocycles. The normalized spacial score (nSPS) is 11.7. The third-order valence-electron chi connectivity index (χ3n) is 4.37. The Morgan fingerprint density at radius 3 is 1.03 bits per heavy atom. The van der Waals surface area contributed by atoms with Crippen LogP contribution in [0.5, 0.6) is 11.5 Å². The van der Waals surface area contributed by atoms with Crippen molar-refractivity contribution < 1.29 is 19.7 Å². The molecule has 0 aliphatic heterocycles. The maximum absolute atomic E-state index is 9.15. The number of halogens is 8. The lowest BCUT2D eigenvalue weighted by Gasteiger charge is -2.33. The monoisotopic (exact) mass is 939 g/mol. The fourth-order valence-electron chi connectivity index (χ4n) is 2.99. The maximum Gasteiger partial charge on any atom is 0.150 e. The molecule has 0 aromatic heterocycles. The van der Waals surface area contributed by atoms with Gasteiger partial charge in [-0.25, -0.2) is 0 Å². The molecule has 2 aromatic rings. The van der Waals surface area contributed by atoms with Crippen molar-refractivity contribution in [2.75, 3.05) is 26.4 Å². The molecule has 2 N–H and O–H groups in total. The van der Waals surface area contributed by atoms with Crippen molar-refractivity contribution in [1.82, 2.24) is 0 Å². The zero-order valence-electron chi connectivity index (χ0n) is 16.1. The van der Waals surface area contributed by atoms with Gasteiger partial charge in [-0.3, -0.25) is 0 Å². The highest BCUT2D eigenvalue weighted by atomic mass is 79.9. The SMILES string of the molecule is CC(C)(c1c(Br)c(Br)c(OCCO)c(Br)c1Br)c1c(Br)c(Br)c(OCCO)c(Br)c1Br. The molecule has 4 nitrogen and oxygen atoms in total. The molecule has 0 unspecified atom stereocenters.